The maximum atomic E-state index is 13.5. The molecule has 1 fully saturated rings. The number of nitriles is 1. The van der Waals surface area contributed by atoms with E-state index in [1.165, 1.54) is 18.0 Å². The zero-order valence-electron chi connectivity index (χ0n) is 16.7. The zero-order valence-corrected chi connectivity index (χ0v) is 17.5. The lowest BCUT2D eigenvalue weighted by Crippen LogP contribution is -2.43. The van der Waals surface area contributed by atoms with E-state index < -0.39 is 29.6 Å². The first kappa shape index (κ1) is 22.2. The summed E-state index contributed by atoms with van der Waals surface area (Å²) >= 11 is 5.79. The number of para-hydroxylation sites is 1. The molecule has 2 aromatic rings. The molecular formula is C22H20ClFN4O3. The Morgan fingerprint density at radius 2 is 1.97 bits per heavy atom. The van der Waals surface area contributed by atoms with Gasteiger partial charge in [-0.3, -0.25) is 14.4 Å². The lowest BCUT2D eigenvalue weighted by molar-refractivity contribution is -0.131. The summed E-state index contributed by atoms with van der Waals surface area (Å²) in [6.07, 6.45) is 0.206. The fourth-order valence-corrected chi connectivity index (χ4v) is 3.67. The molecule has 2 atom stereocenters. The van der Waals surface area contributed by atoms with Crippen molar-refractivity contribution in [2.24, 2.45) is 5.92 Å². The van der Waals surface area contributed by atoms with E-state index in [9.17, 15) is 24.0 Å². The van der Waals surface area contributed by atoms with E-state index in [2.05, 4.69) is 5.32 Å². The minimum absolute atomic E-state index is 0.0127. The monoisotopic (exact) mass is 442 g/mol. The van der Waals surface area contributed by atoms with E-state index in [-0.39, 0.29) is 36.0 Å². The van der Waals surface area contributed by atoms with Crippen molar-refractivity contribution >= 4 is 35.0 Å². The third-order valence-corrected chi connectivity index (χ3v) is 5.23. The Balaban J connectivity index is 1.64. The maximum Gasteiger partial charge on any atom is 0.254 e. The average Bonchev–Trinajstić information content (AvgIpc) is 3.18. The molecule has 1 heterocycles. The number of hydrogen-bond acceptors (Lipinski definition) is 4. The van der Waals surface area contributed by atoms with Crippen LogP contribution in [0, 0.1) is 23.1 Å². The van der Waals surface area contributed by atoms with Gasteiger partial charge in [0.15, 0.2) is 0 Å². The van der Waals surface area contributed by atoms with Crippen molar-refractivity contribution in [1.29, 1.82) is 5.26 Å². The van der Waals surface area contributed by atoms with Crippen molar-refractivity contribution in [2.75, 3.05) is 25.5 Å². The first-order valence-electron chi connectivity index (χ1n) is 9.55. The molecule has 1 aliphatic heterocycles. The van der Waals surface area contributed by atoms with Gasteiger partial charge in [-0.15, -0.1) is 0 Å². The van der Waals surface area contributed by atoms with Crippen LogP contribution in [0.15, 0.2) is 48.5 Å². The molecule has 2 unspecified atom stereocenters. The summed E-state index contributed by atoms with van der Waals surface area (Å²) in [5.74, 6) is -2.54. The third-order valence-electron chi connectivity index (χ3n) is 5.01. The van der Waals surface area contributed by atoms with Gasteiger partial charge in [0.05, 0.1) is 18.5 Å². The number of benzene rings is 2. The molecule has 0 bridgehead atoms. The highest BCUT2D eigenvalue weighted by Gasteiger charge is 2.39. The van der Waals surface area contributed by atoms with Gasteiger partial charge in [0.1, 0.15) is 11.9 Å². The Morgan fingerprint density at radius 1 is 1.26 bits per heavy atom. The smallest absolute Gasteiger partial charge is 0.254 e. The Hall–Kier alpha value is -3.44. The Kier molecular flexibility index (Phi) is 6.88. The average molecular weight is 443 g/mol. The van der Waals surface area contributed by atoms with E-state index in [0.29, 0.717) is 5.69 Å². The van der Waals surface area contributed by atoms with Crippen molar-refractivity contribution in [3.05, 3.63) is 64.9 Å². The standard InChI is InChI=1S/C22H20ClFN4O3/c1-27(22(31)14-7-16(23)10-17(24)8-14)13-20(29)28-12-15(9-19(28)11-25)21(30)26-18-5-3-2-4-6-18/h2-8,10,15,19H,9,12-13H2,1H3,(H,26,30). The number of likely N-dealkylation sites (tertiary alicyclic amines) is 1. The summed E-state index contributed by atoms with van der Waals surface area (Å²) in [6.45, 7) is -0.248. The topological polar surface area (TPSA) is 93.5 Å². The molecule has 2 aromatic carbocycles. The summed E-state index contributed by atoms with van der Waals surface area (Å²) < 4.78 is 13.5. The second-order valence-electron chi connectivity index (χ2n) is 7.30. The number of halogens is 2. The molecule has 1 saturated heterocycles. The number of rotatable bonds is 5. The fraction of sp³-hybridized carbons (Fsp3) is 0.273. The molecule has 0 aromatic heterocycles. The van der Waals surface area contributed by atoms with E-state index in [4.69, 9.17) is 11.6 Å². The number of amides is 3. The Morgan fingerprint density at radius 3 is 2.61 bits per heavy atom. The molecule has 160 valence electrons. The number of likely N-dealkylation sites (N-methyl/N-ethyl adjacent to an activating group) is 1. The maximum absolute atomic E-state index is 13.5. The van der Waals surface area contributed by atoms with Gasteiger partial charge in [-0.1, -0.05) is 29.8 Å². The van der Waals surface area contributed by atoms with Crippen LogP contribution in [0.3, 0.4) is 0 Å². The second kappa shape index (κ2) is 9.58. The normalized spacial score (nSPS) is 17.7. The summed E-state index contributed by atoms with van der Waals surface area (Å²) in [5.41, 5.74) is 0.642. The predicted octanol–water partition coefficient (Wildman–Crippen LogP) is 2.93. The van der Waals surface area contributed by atoms with Crippen molar-refractivity contribution < 1.29 is 18.8 Å². The highest BCUT2D eigenvalue weighted by Crippen LogP contribution is 2.25. The van der Waals surface area contributed by atoms with Crippen molar-refractivity contribution in [3.63, 3.8) is 0 Å². The third kappa shape index (κ3) is 5.38. The lowest BCUT2D eigenvalue weighted by Gasteiger charge is -2.24. The molecule has 3 rings (SSSR count). The van der Waals surface area contributed by atoms with Crippen LogP contribution in [0.5, 0.6) is 0 Å². The molecule has 1 aliphatic rings. The molecule has 0 saturated carbocycles. The van der Waals surface area contributed by atoms with Crippen LogP contribution >= 0.6 is 11.6 Å². The number of nitrogens with one attached hydrogen (secondary N) is 1. The number of anilines is 1. The van der Waals surface area contributed by atoms with Gasteiger partial charge in [0.25, 0.3) is 5.91 Å². The lowest BCUT2D eigenvalue weighted by atomic mass is 10.1. The number of carbonyl (C=O) groups is 3. The summed E-state index contributed by atoms with van der Waals surface area (Å²) in [4.78, 5) is 40.3. The summed E-state index contributed by atoms with van der Waals surface area (Å²) in [5, 5.41) is 12.3. The summed E-state index contributed by atoms with van der Waals surface area (Å²) in [6, 6.07) is 13.6. The van der Waals surface area contributed by atoms with Crippen molar-refractivity contribution in [3.8, 4) is 6.07 Å². The largest absolute Gasteiger partial charge is 0.332 e. The van der Waals surface area contributed by atoms with Crippen LogP contribution in [0.2, 0.25) is 5.02 Å². The molecule has 31 heavy (non-hydrogen) atoms. The second-order valence-corrected chi connectivity index (χ2v) is 7.73. The van der Waals surface area contributed by atoms with Gasteiger partial charge < -0.3 is 15.1 Å². The fourth-order valence-electron chi connectivity index (χ4n) is 3.45. The molecule has 7 nitrogen and oxygen atoms in total. The molecular weight excluding hydrogens is 423 g/mol. The highest BCUT2D eigenvalue weighted by molar-refractivity contribution is 6.31. The van der Waals surface area contributed by atoms with Crippen molar-refractivity contribution in [1.82, 2.24) is 9.80 Å². The van der Waals surface area contributed by atoms with Gasteiger partial charge in [0, 0.05) is 29.9 Å². The van der Waals surface area contributed by atoms with E-state index in [0.717, 1.165) is 17.0 Å². The predicted molar refractivity (Wildman–Crippen MR) is 113 cm³/mol. The molecule has 9 heteroatoms. The van der Waals surface area contributed by atoms with Gasteiger partial charge in [-0.05, 0) is 36.8 Å². The Labute approximate surface area is 184 Å². The minimum Gasteiger partial charge on any atom is -0.332 e. The number of hydrogen-bond donors (Lipinski definition) is 1. The van der Waals surface area contributed by atoms with Crippen molar-refractivity contribution in [2.45, 2.75) is 12.5 Å². The van der Waals surface area contributed by atoms with Gasteiger partial charge >= 0.3 is 0 Å². The first-order chi connectivity index (χ1) is 14.8. The van der Waals surface area contributed by atoms with E-state index in [1.807, 2.05) is 12.1 Å². The van der Waals surface area contributed by atoms with Gasteiger partial charge in [-0.2, -0.15) is 5.26 Å². The molecule has 3 amide bonds. The van der Waals surface area contributed by atoms with Crippen LogP contribution in [0.1, 0.15) is 16.8 Å². The van der Waals surface area contributed by atoms with Crippen LogP contribution in [-0.4, -0.2) is 53.7 Å². The molecule has 0 aliphatic carbocycles. The Bertz CT molecular complexity index is 1020. The van der Waals surface area contributed by atoms with Crippen LogP contribution in [0.4, 0.5) is 10.1 Å². The minimum atomic E-state index is -0.772. The summed E-state index contributed by atoms with van der Waals surface area (Å²) in [7, 11) is 1.40. The van der Waals surface area contributed by atoms with Crippen LogP contribution in [0.25, 0.3) is 0 Å². The molecule has 0 spiro atoms. The molecule has 0 radical (unpaired) electrons. The quantitative estimate of drug-likeness (QED) is 0.770. The van der Waals surface area contributed by atoms with Crippen LogP contribution < -0.4 is 5.32 Å². The molecule has 1 N–H and O–H groups in total. The number of carbonyl (C=O) groups excluding carboxylic acids is 3. The van der Waals surface area contributed by atoms with Gasteiger partial charge in [0.2, 0.25) is 11.8 Å². The van der Waals surface area contributed by atoms with Gasteiger partial charge in [-0.25, -0.2) is 4.39 Å². The van der Waals surface area contributed by atoms with E-state index >= 15 is 0 Å². The highest BCUT2D eigenvalue weighted by atomic mass is 35.5. The zero-order chi connectivity index (χ0) is 22.5. The van der Waals surface area contributed by atoms with E-state index in [1.54, 1.807) is 24.3 Å². The first-order valence-corrected chi connectivity index (χ1v) is 9.93. The SMILES string of the molecule is CN(CC(=O)N1CC(C(=O)Nc2ccccc2)CC1C#N)C(=O)c1cc(F)cc(Cl)c1. The van der Waals surface area contributed by atoms with Crippen LogP contribution in [-0.2, 0) is 9.59 Å². The number of nitrogens with zero attached hydrogens (tertiary/aromatic N) is 3.